The van der Waals surface area contributed by atoms with Gasteiger partial charge in [0.15, 0.2) is 0 Å². The minimum Gasteiger partial charge on any atom is -0.322 e. The summed E-state index contributed by atoms with van der Waals surface area (Å²) >= 11 is 3.41. The SMILES string of the molecule is Cc1ccc(C(=O)Nc2ccc(Br)cc2C)cc1C. The van der Waals surface area contributed by atoms with Crippen molar-refractivity contribution >= 4 is 27.5 Å². The van der Waals surface area contributed by atoms with Crippen LogP contribution in [0.15, 0.2) is 40.9 Å². The van der Waals surface area contributed by atoms with E-state index in [-0.39, 0.29) is 5.91 Å². The van der Waals surface area contributed by atoms with Gasteiger partial charge in [-0.3, -0.25) is 4.79 Å². The second kappa shape index (κ2) is 5.57. The lowest BCUT2D eigenvalue weighted by Gasteiger charge is -2.10. The standard InChI is InChI=1S/C16H16BrNO/c1-10-4-5-13(8-11(10)2)16(19)18-15-7-6-14(17)9-12(15)3/h4-9H,1-3H3,(H,18,19). The van der Waals surface area contributed by atoms with Crippen LogP contribution in [0, 0.1) is 20.8 Å². The molecule has 0 aliphatic carbocycles. The quantitative estimate of drug-likeness (QED) is 0.859. The fourth-order valence-corrected chi connectivity index (χ4v) is 2.32. The zero-order valence-electron chi connectivity index (χ0n) is 11.3. The molecule has 3 heteroatoms. The topological polar surface area (TPSA) is 29.1 Å². The average Bonchev–Trinajstić information content (AvgIpc) is 2.36. The monoisotopic (exact) mass is 317 g/mol. The van der Waals surface area contributed by atoms with E-state index in [2.05, 4.69) is 21.2 Å². The van der Waals surface area contributed by atoms with Crippen molar-refractivity contribution in [3.05, 3.63) is 63.1 Å². The molecule has 2 nitrogen and oxygen atoms in total. The van der Waals surface area contributed by atoms with Crippen LogP contribution in [-0.2, 0) is 0 Å². The summed E-state index contributed by atoms with van der Waals surface area (Å²) in [4.78, 5) is 12.2. The van der Waals surface area contributed by atoms with Gasteiger partial charge in [-0.1, -0.05) is 22.0 Å². The van der Waals surface area contributed by atoms with E-state index in [1.165, 1.54) is 5.56 Å². The van der Waals surface area contributed by atoms with E-state index in [1.807, 2.05) is 57.2 Å². The average molecular weight is 318 g/mol. The van der Waals surface area contributed by atoms with E-state index in [9.17, 15) is 4.79 Å². The van der Waals surface area contributed by atoms with Crippen LogP contribution in [0.3, 0.4) is 0 Å². The molecule has 0 bridgehead atoms. The first-order valence-corrected chi connectivity index (χ1v) is 6.91. The summed E-state index contributed by atoms with van der Waals surface area (Å²) in [5.74, 6) is -0.0754. The van der Waals surface area contributed by atoms with Gasteiger partial charge in [0.1, 0.15) is 0 Å². The number of aryl methyl sites for hydroxylation is 3. The van der Waals surface area contributed by atoms with Crippen LogP contribution < -0.4 is 5.32 Å². The van der Waals surface area contributed by atoms with E-state index in [0.717, 1.165) is 21.3 Å². The summed E-state index contributed by atoms with van der Waals surface area (Å²) < 4.78 is 1.01. The highest BCUT2D eigenvalue weighted by molar-refractivity contribution is 9.10. The van der Waals surface area contributed by atoms with Crippen LogP contribution in [0.1, 0.15) is 27.0 Å². The lowest BCUT2D eigenvalue weighted by Crippen LogP contribution is -2.13. The van der Waals surface area contributed by atoms with E-state index in [0.29, 0.717) is 5.56 Å². The molecule has 98 valence electrons. The van der Waals surface area contributed by atoms with Gasteiger partial charge in [0.25, 0.3) is 5.91 Å². The number of amides is 1. The van der Waals surface area contributed by atoms with Gasteiger partial charge < -0.3 is 5.32 Å². The van der Waals surface area contributed by atoms with Crippen molar-refractivity contribution in [1.82, 2.24) is 0 Å². The lowest BCUT2D eigenvalue weighted by atomic mass is 10.1. The highest BCUT2D eigenvalue weighted by Gasteiger charge is 2.08. The Bertz CT molecular complexity index is 635. The summed E-state index contributed by atoms with van der Waals surface area (Å²) in [6.07, 6.45) is 0. The highest BCUT2D eigenvalue weighted by Crippen LogP contribution is 2.21. The van der Waals surface area contributed by atoms with Crippen LogP contribution in [0.25, 0.3) is 0 Å². The molecule has 0 aliphatic heterocycles. The van der Waals surface area contributed by atoms with Gasteiger partial charge in [-0.05, 0) is 67.8 Å². The summed E-state index contributed by atoms with van der Waals surface area (Å²) in [7, 11) is 0. The van der Waals surface area contributed by atoms with Crippen molar-refractivity contribution < 1.29 is 4.79 Å². The number of carbonyl (C=O) groups excluding carboxylic acids is 1. The normalized spacial score (nSPS) is 10.3. The molecule has 0 heterocycles. The second-order valence-corrected chi connectivity index (χ2v) is 5.63. The van der Waals surface area contributed by atoms with Crippen LogP contribution in [0.5, 0.6) is 0 Å². The van der Waals surface area contributed by atoms with Crippen LogP contribution in [0.2, 0.25) is 0 Å². The van der Waals surface area contributed by atoms with Crippen molar-refractivity contribution in [1.29, 1.82) is 0 Å². The molecule has 0 radical (unpaired) electrons. The number of halogens is 1. The number of hydrogen-bond acceptors (Lipinski definition) is 1. The highest BCUT2D eigenvalue weighted by atomic mass is 79.9. The van der Waals surface area contributed by atoms with Crippen molar-refractivity contribution in [2.45, 2.75) is 20.8 Å². The smallest absolute Gasteiger partial charge is 0.255 e. The fourth-order valence-electron chi connectivity index (χ4n) is 1.84. The molecular weight excluding hydrogens is 302 g/mol. The summed E-state index contributed by atoms with van der Waals surface area (Å²) in [5.41, 5.74) is 4.87. The molecule has 2 aromatic carbocycles. The Morgan fingerprint density at radius 1 is 0.947 bits per heavy atom. The number of anilines is 1. The Labute approximate surface area is 122 Å². The molecule has 0 saturated heterocycles. The van der Waals surface area contributed by atoms with Gasteiger partial charge in [0, 0.05) is 15.7 Å². The molecule has 0 spiro atoms. The van der Waals surface area contributed by atoms with Crippen molar-refractivity contribution in [2.75, 3.05) is 5.32 Å². The van der Waals surface area contributed by atoms with Crippen molar-refractivity contribution in [2.24, 2.45) is 0 Å². The van der Waals surface area contributed by atoms with Gasteiger partial charge in [-0.15, -0.1) is 0 Å². The maximum Gasteiger partial charge on any atom is 0.255 e. The molecular formula is C16H16BrNO. The van der Waals surface area contributed by atoms with Crippen LogP contribution >= 0.6 is 15.9 Å². The van der Waals surface area contributed by atoms with Crippen LogP contribution in [0.4, 0.5) is 5.69 Å². The Morgan fingerprint density at radius 3 is 2.32 bits per heavy atom. The molecule has 0 atom stereocenters. The zero-order chi connectivity index (χ0) is 14.0. The fraction of sp³-hybridized carbons (Fsp3) is 0.188. The summed E-state index contributed by atoms with van der Waals surface area (Å²) in [6, 6.07) is 11.5. The maximum absolute atomic E-state index is 12.2. The third-order valence-corrected chi connectivity index (χ3v) is 3.70. The van der Waals surface area contributed by atoms with Gasteiger partial charge >= 0.3 is 0 Å². The number of carbonyl (C=O) groups is 1. The largest absolute Gasteiger partial charge is 0.322 e. The molecule has 19 heavy (non-hydrogen) atoms. The predicted octanol–water partition coefficient (Wildman–Crippen LogP) is 4.63. The molecule has 0 fully saturated rings. The molecule has 2 aromatic rings. The van der Waals surface area contributed by atoms with Crippen molar-refractivity contribution in [3.8, 4) is 0 Å². The van der Waals surface area contributed by atoms with E-state index >= 15 is 0 Å². The number of benzene rings is 2. The van der Waals surface area contributed by atoms with E-state index in [4.69, 9.17) is 0 Å². The minimum atomic E-state index is -0.0754. The number of rotatable bonds is 2. The van der Waals surface area contributed by atoms with Crippen molar-refractivity contribution in [3.63, 3.8) is 0 Å². The van der Waals surface area contributed by atoms with Gasteiger partial charge in [-0.25, -0.2) is 0 Å². The van der Waals surface area contributed by atoms with Gasteiger partial charge in [0.05, 0.1) is 0 Å². The Balaban J connectivity index is 2.23. The number of hydrogen-bond donors (Lipinski definition) is 1. The van der Waals surface area contributed by atoms with Gasteiger partial charge in [-0.2, -0.15) is 0 Å². The second-order valence-electron chi connectivity index (χ2n) is 4.71. The molecule has 0 aromatic heterocycles. The molecule has 0 aliphatic rings. The lowest BCUT2D eigenvalue weighted by molar-refractivity contribution is 0.102. The third kappa shape index (κ3) is 3.24. The first-order chi connectivity index (χ1) is 8.97. The minimum absolute atomic E-state index is 0.0754. The van der Waals surface area contributed by atoms with Crippen LogP contribution in [-0.4, -0.2) is 5.91 Å². The molecule has 0 saturated carbocycles. The summed E-state index contributed by atoms with van der Waals surface area (Å²) in [6.45, 7) is 6.02. The van der Waals surface area contributed by atoms with E-state index < -0.39 is 0 Å². The van der Waals surface area contributed by atoms with E-state index in [1.54, 1.807) is 0 Å². The first kappa shape index (κ1) is 13.8. The predicted molar refractivity (Wildman–Crippen MR) is 82.7 cm³/mol. The molecule has 0 unspecified atom stereocenters. The zero-order valence-corrected chi connectivity index (χ0v) is 12.8. The Morgan fingerprint density at radius 2 is 1.68 bits per heavy atom. The van der Waals surface area contributed by atoms with Gasteiger partial charge in [0.2, 0.25) is 0 Å². The summed E-state index contributed by atoms with van der Waals surface area (Å²) in [5, 5.41) is 2.94. The number of nitrogens with one attached hydrogen (secondary N) is 1. The molecule has 1 N–H and O–H groups in total. The Hall–Kier alpha value is -1.61. The molecule has 1 amide bonds. The Kier molecular flexibility index (Phi) is 4.05. The first-order valence-electron chi connectivity index (χ1n) is 6.12. The third-order valence-electron chi connectivity index (χ3n) is 3.21. The maximum atomic E-state index is 12.2. The molecule has 2 rings (SSSR count).